The molecule has 8 nitrogen and oxygen atoms in total. The van der Waals surface area contributed by atoms with E-state index in [1.807, 2.05) is 4.90 Å². The van der Waals surface area contributed by atoms with Crippen LogP contribution in [0.2, 0.25) is 0 Å². The molecular formula is C33H32F3N5O3. The van der Waals surface area contributed by atoms with Crippen LogP contribution in [0.1, 0.15) is 37.7 Å². The first-order valence-electron chi connectivity index (χ1n) is 14.9. The third kappa shape index (κ3) is 4.77. The third-order valence-corrected chi connectivity index (χ3v) is 9.34. The van der Waals surface area contributed by atoms with Crippen molar-refractivity contribution >= 4 is 27.5 Å². The van der Waals surface area contributed by atoms with Gasteiger partial charge in [-0.05, 0) is 55.8 Å². The lowest BCUT2D eigenvalue weighted by Gasteiger charge is -2.34. The maximum Gasteiger partial charge on any atom is 0.319 e. The Labute approximate surface area is 252 Å². The fourth-order valence-electron chi connectivity index (χ4n) is 7.24. The van der Waals surface area contributed by atoms with Crippen molar-refractivity contribution in [2.45, 2.75) is 49.9 Å². The van der Waals surface area contributed by atoms with Crippen LogP contribution in [0.5, 0.6) is 11.8 Å². The summed E-state index contributed by atoms with van der Waals surface area (Å²) in [4.78, 5) is 17.8. The van der Waals surface area contributed by atoms with Crippen LogP contribution in [-0.2, 0) is 4.74 Å². The van der Waals surface area contributed by atoms with E-state index in [1.165, 1.54) is 30.5 Å². The molecule has 3 saturated heterocycles. The van der Waals surface area contributed by atoms with Crippen LogP contribution in [0.15, 0.2) is 30.5 Å². The molecule has 7 rings (SSSR count). The number of pyridine rings is 1. The molecule has 0 radical (unpaired) electrons. The van der Waals surface area contributed by atoms with E-state index in [2.05, 4.69) is 20.8 Å². The monoisotopic (exact) mass is 603 g/mol. The first kappa shape index (κ1) is 28.6. The van der Waals surface area contributed by atoms with Crippen molar-refractivity contribution < 1.29 is 27.8 Å². The topological polar surface area (TPSA) is 83.8 Å². The van der Waals surface area contributed by atoms with Crippen molar-refractivity contribution in [3.8, 4) is 35.4 Å². The SMILES string of the molecule is C#Cc1c(F)ccc2cc(O)cc(-c3ncc4c(N5CCC[C@H](OC)C5)nc(OC[C@@]56CCCN5C[C@H](F)C6)nc4c3F)c12. The largest absolute Gasteiger partial charge is 0.508 e. The molecule has 0 saturated carbocycles. The summed E-state index contributed by atoms with van der Waals surface area (Å²) in [6.45, 7) is 2.57. The Morgan fingerprint density at radius 1 is 1.16 bits per heavy atom. The number of hydrogen-bond donors (Lipinski definition) is 1. The minimum absolute atomic E-state index is 0.0252. The number of hydrogen-bond acceptors (Lipinski definition) is 8. The Balaban J connectivity index is 1.38. The number of benzene rings is 2. The lowest BCUT2D eigenvalue weighted by Crippen LogP contribution is -2.43. The first-order chi connectivity index (χ1) is 21.3. The van der Waals surface area contributed by atoms with Gasteiger partial charge in [0.15, 0.2) is 5.82 Å². The summed E-state index contributed by atoms with van der Waals surface area (Å²) in [6, 6.07) is 5.40. The van der Waals surface area contributed by atoms with Gasteiger partial charge in [0.1, 0.15) is 41.4 Å². The lowest BCUT2D eigenvalue weighted by molar-refractivity contribution is 0.0890. The van der Waals surface area contributed by atoms with E-state index < -0.39 is 23.3 Å². The maximum absolute atomic E-state index is 16.7. The van der Waals surface area contributed by atoms with Crippen LogP contribution >= 0.6 is 0 Å². The number of piperidine rings is 1. The highest BCUT2D eigenvalue weighted by Crippen LogP contribution is 2.42. The molecule has 228 valence electrons. The molecule has 4 aromatic rings. The zero-order valence-corrected chi connectivity index (χ0v) is 24.3. The fraction of sp³-hybridized carbons (Fsp3) is 0.424. The minimum Gasteiger partial charge on any atom is -0.508 e. The van der Waals surface area contributed by atoms with Crippen molar-refractivity contribution in [3.05, 3.63) is 47.7 Å². The van der Waals surface area contributed by atoms with Crippen molar-refractivity contribution in [2.24, 2.45) is 0 Å². The molecular weight excluding hydrogens is 571 g/mol. The van der Waals surface area contributed by atoms with E-state index in [4.69, 9.17) is 20.9 Å². The Morgan fingerprint density at radius 3 is 2.84 bits per heavy atom. The molecule has 44 heavy (non-hydrogen) atoms. The van der Waals surface area contributed by atoms with Crippen molar-refractivity contribution in [1.82, 2.24) is 19.9 Å². The van der Waals surface area contributed by atoms with Gasteiger partial charge in [0, 0.05) is 50.3 Å². The second-order valence-electron chi connectivity index (χ2n) is 12.0. The van der Waals surface area contributed by atoms with Gasteiger partial charge in [-0.25, -0.2) is 13.2 Å². The Bertz CT molecular complexity index is 1810. The van der Waals surface area contributed by atoms with Gasteiger partial charge in [0.2, 0.25) is 0 Å². The van der Waals surface area contributed by atoms with E-state index in [0.717, 1.165) is 32.2 Å². The van der Waals surface area contributed by atoms with E-state index >= 15 is 4.39 Å². The number of halogens is 3. The van der Waals surface area contributed by atoms with E-state index in [1.54, 1.807) is 7.11 Å². The van der Waals surface area contributed by atoms with Gasteiger partial charge in [-0.3, -0.25) is 9.88 Å². The molecule has 1 N–H and O–H groups in total. The van der Waals surface area contributed by atoms with Crippen LogP contribution < -0.4 is 9.64 Å². The van der Waals surface area contributed by atoms with Crippen LogP contribution in [0.4, 0.5) is 19.0 Å². The number of phenolic OH excluding ortho intramolecular Hbond substituents is 1. The number of nitrogens with zero attached hydrogens (tertiary/aromatic N) is 5. The van der Waals surface area contributed by atoms with Gasteiger partial charge in [-0.2, -0.15) is 9.97 Å². The van der Waals surface area contributed by atoms with E-state index in [-0.39, 0.29) is 52.2 Å². The summed E-state index contributed by atoms with van der Waals surface area (Å²) in [5, 5.41) is 11.5. The first-order valence-corrected chi connectivity index (χ1v) is 14.9. The predicted molar refractivity (Wildman–Crippen MR) is 161 cm³/mol. The molecule has 0 unspecified atom stereocenters. The summed E-state index contributed by atoms with van der Waals surface area (Å²) < 4.78 is 57.7. The van der Waals surface area contributed by atoms with Crippen molar-refractivity contribution in [1.29, 1.82) is 0 Å². The molecule has 3 aliphatic heterocycles. The van der Waals surface area contributed by atoms with Crippen LogP contribution in [-0.4, -0.2) is 82.7 Å². The molecule has 0 aliphatic carbocycles. The predicted octanol–water partition coefficient (Wildman–Crippen LogP) is 5.38. The highest BCUT2D eigenvalue weighted by molar-refractivity contribution is 6.03. The molecule has 2 aromatic heterocycles. The molecule has 3 atom stereocenters. The van der Waals surface area contributed by atoms with Gasteiger partial charge >= 0.3 is 6.01 Å². The molecule has 5 heterocycles. The van der Waals surface area contributed by atoms with E-state index in [9.17, 15) is 13.9 Å². The highest BCUT2D eigenvalue weighted by atomic mass is 19.1. The summed E-state index contributed by atoms with van der Waals surface area (Å²) in [6.07, 6.45) is 10.0. The van der Waals surface area contributed by atoms with Gasteiger partial charge < -0.3 is 19.5 Å². The Morgan fingerprint density at radius 2 is 2.02 bits per heavy atom. The zero-order chi connectivity index (χ0) is 30.6. The summed E-state index contributed by atoms with van der Waals surface area (Å²) in [5.41, 5.74) is -0.565. The van der Waals surface area contributed by atoms with E-state index in [0.29, 0.717) is 42.6 Å². The Kier molecular flexibility index (Phi) is 7.22. The average molecular weight is 604 g/mol. The number of phenols is 1. The maximum atomic E-state index is 16.7. The third-order valence-electron chi connectivity index (χ3n) is 9.34. The van der Waals surface area contributed by atoms with Gasteiger partial charge in [0.05, 0.1) is 22.6 Å². The Hall–Kier alpha value is -4.14. The molecule has 0 amide bonds. The fourth-order valence-corrected chi connectivity index (χ4v) is 7.24. The van der Waals surface area contributed by atoms with Crippen LogP contribution in [0, 0.1) is 24.0 Å². The smallest absolute Gasteiger partial charge is 0.319 e. The average Bonchev–Trinajstić information content (AvgIpc) is 3.55. The molecule has 11 heteroatoms. The molecule has 2 aromatic carbocycles. The number of aromatic nitrogens is 3. The number of ether oxygens (including phenoxy) is 2. The quantitative estimate of drug-likeness (QED) is 0.294. The number of fused-ring (bicyclic) bond motifs is 3. The van der Waals surface area contributed by atoms with Crippen LogP contribution in [0.25, 0.3) is 32.9 Å². The van der Waals surface area contributed by atoms with Gasteiger partial charge in [-0.1, -0.05) is 12.0 Å². The number of terminal acetylenes is 1. The number of rotatable bonds is 6. The van der Waals surface area contributed by atoms with Gasteiger partial charge in [0.25, 0.3) is 0 Å². The lowest BCUT2D eigenvalue weighted by atomic mass is 9.95. The number of aromatic hydroxyl groups is 1. The molecule has 3 fully saturated rings. The second-order valence-corrected chi connectivity index (χ2v) is 12.0. The summed E-state index contributed by atoms with van der Waals surface area (Å²) >= 11 is 0. The highest BCUT2D eigenvalue weighted by Gasteiger charge is 2.49. The van der Waals surface area contributed by atoms with Gasteiger partial charge in [-0.15, -0.1) is 6.42 Å². The molecule has 3 aliphatic rings. The zero-order valence-electron chi connectivity index (χ0n) is 24.3. The normalized spacial score (nSPS) is 23.8. The number of anilines is 1. The van der Waals surface area contributed by atoms with Crippen LogP contribution in [0.3, 0.4) is 0 Å². The molecule has 0 bridgehead atoms. The summed E-state index contributed by atoms with van der Waals surface area (Å²) in [7, 11) is 1.66. The van der Waals surface area contributed by atoms with Crippen molar-refractivity contribution in [3.63, 3.8) is 0 Å². The van der Waals surface area contributed by atoms with Crippen molar-refractivity contribution in [2.75, 3.05) is 44.8 Å². The second kappa shape index (κ2) is 11.1. The minimum atomic E-state index is -0.924. The molecule has 0 spiro atoms. The number of methoxy groups -OCH3 is 1. The number of alkyl halides is 1. The summed E-state index contributed by atoms with van der Waals surface area (Å²) in [5.74, 6) is 1.22. The standard InChI is InChI=1S/C33H32F3N5O3/c1-3-23-26(35)8-7-19-12-21(42)13-24(27(19)23)29-28(36)30-25(15-37-29)31(40-10-4-6-22(17-40)43-2)39-32(38-30)44-18-33-9-5-11-41(33)16-20(34)14-33/h1,7-8,12-13,15,20,22,42H,4-6,9-11,14,16-18H2,2H3/t20-,22+,33+/m1/s1.